The summed E-state index contributed by atoms with van der Waals surface area (Å²) in [7, 11) is 0. The van der Waals surface area contributed by atoms with Crippen LogP contribution in [0.15, 0.2) is 30.3 Å². The van der Waals surface area contributed by atoms with E-state index in [1.54, 1.807) is 11.3 Å². The molecular weight excluding hydrogens is 322 g/mol. The number of hydrogen-bond acceptors (Lipinski definition) is 5. The third kappa shape index (κ3) is 4.20. The molecular formula is C18H23N3O2S. The van der Waals surface area contributed by atoms with Crippen LogP contribution in [0.25, 0.3) is 10.6 Å². The van der Waals surface area contributed by atoms with E-state index in [0.29, 0.717) is 13.0 Å². The van der Waals surface area contributed by atoms with Gasteiger partial charge in [0.1, 0.15) is 5.01 Å². The summed E-state index contributed by atoms with van der Waals surface area (Å²) in [6.45, 7) is 6.13. The van der Waals surface area contributed by atoms with Gasteiger partial charge >= 0.3 is 0 Å². The number of benzene rings is 1. The van der Waals surface area contributed by atoms with E-state index in [9.17, 15) is 4.79 Å². The van der Waals surface area contributed by atoms with Gasteiger partial charge < -0.3 is 15.4 Å². The van der Waals surface area contributed by atoms with Gasteiger partial charge in [-0.2, -0.15) is 0 Å². The van der Waals surface area contributed by atoms with Crippen LogP contribution in [0.2, 0.25) is 0 Å². The maximum atomic E-state index is 12.3. The number of aromatic nitrogens is 1. The summed E-state index contributed by atoms with van der Waals surface area (Å²) in [4.78, 5) is 18.0. The molecule has 2 heterocycles. The monoisotopic (exact) mass is 345 g/mol. The minimum absolute atomic E-state index is 0.0413. The molecule has 0 radical (unpaired) electrons. The number of carbonyl (C=O) groups is 1. The second-order valence-electron chi connectivity index (χ2n) is 6.05. The number of amides is 1. The number of morpholine rings is 1. The fraction of sp³-hybridized carbons (Fsp3) is 0.444. The van der Waals surface area contributed by atoms with E-state index in [1.807, 2.05) is 32.0 Å². The minimum atomic E-state index is -0.0445. The molecule has 1 aromatic heterocycles. The Kier molecular flexibility index (Phi) is 5.60. The lowest BCUT2D eigenvalue weighted by atomic mass is 10.1. The summed E-state index contributed by atoms with van der Waals surface area (Å²) in [5, 5.41) is 7.38. The van der Waals surface area contributed by atoms with Crippen molar-refractivity contribution in [1.82, 2.24) is 15.6 Å². The highest BCUT2D eigenvalue weighted by Gasteiger charge is 2.20. The molecule has 0 saturated carbocycles. The quantitative estimate of drug-likeness (QED) is 0.874. The molecule has 128 valence electrons. The summed E-state index contributed by atoms with van der Waals surface area (Å²) in [5.41, 5.74) is 2.09. The molecule has 1 fully saturated rings. The highest BCUT2D eigenvalue weighted by Crippen LogP contribution is 2.31. The molecule has 5 nitrogen and oxygen atoms in total. The predicted octanol–water partition coefficient (Wildman–Crippen LogP) is 2.67. The summed E-state index contributed by atoms with van der Waals surface area (Å²) in [6, 6.07) is 10.2. The Balaban J connectivity index is 1.63. The van der Waals surface area contributed by atoms with E-state index in [1.165, 1.54) is 0 Å². The number of nitrogens with zero attached hydrogens (tertiary/aromatic N) is 1. The topological polar surface area (TPSA) is 63.2 Å². The lowest BCUT2D eigenvalue weighted by Gasteiger charge is -2.24. The number of rotatable bonds is 5. The first-order valence-electron chi connectivity index (χ1n) is 8.26. The fourth-order valence-corrected chi connectivity index (χ4v) is 3.93. The average molecular weight is 345 g/mol. The van der Waals surface area contributed by atoms with Gasteiger partial charge in [-0.3, -0.25) is 4.79 Å². The normalized spacial score (nSPS) is 19.0. The maximum absolute atomic E-state index is 12.3. The highest BCUT2D eigenvalue weighted by molar-refractivity contribution is 7.15. The van der Waals surface area contributed by atoms with E-state index in [4.69, 9.17) is 4.74 Å². The minimum Gasteiger partial charge on any atom is -0.378 e. The van der Waals surface area contributed by atoms with Gasteiger partial charge in [0, 0.05) is 24.6 Å². The molecule has 1 amide bonds. The lowest BCUT2D eigenvalue weighted by molar-refractivity contribution is -0.122. The maximum Gasteiger partial charge on any atom is 0.222 e. The van der Waals surface area contributed by atoms with Crippen LogP contribution in [0, 0.1) is 6.92 Å². The molecule has 1 aliphatic heterocycles. The zero-order valence-electron chi connectivity index (χ0n) is 14.0. The Bertz CT molecular complexity index is 681. The van der Waals surface area contributed by atoms with Crippen LogP contribution in [-0.4, -0.2) is 36.7 Å². The molecule has 2 atom stereocenters. The predicted molar refractivity (Wildman–Crippen MR) is 96.1 cm³/mol. The SMILES string of the molecule is Cc1nc(-c2ccccc2)sc1C(C)NC(=O)CC1COCCN1. The zero-order chi connectivity index (χ0) is 16.9. The number of ether oxygens (including phenoxy) is 1. The zero-order valence-corrected chi connectivity index (χ0v) is 14.9. The molecule has 6 heteroatoms. The smallest absolute Gasteiger partial charge is 0.222 e. The average Bonchev–Trinajstić information content (AvgIpc) is 2.98. The van der Waals surface area contributed by atoms with Gasteiger partial charge in [0.15, 0.2) is 0 Å². The van der Waals surface area contributed by atoms with Crippen LogP contribution in [0.1, 0.15) is 30.0 Å². The van der Waals surface area contributed by atoms with Gasteiger partial charge in [-0.05, 0) is 13.8 Å². The molecule has 0 spiro atoms. The van der Waals surface area contributed by atoms with Crippen LogP contribution in [0.5, 0.6) is 0 Å². The Labute approximate surface area is 146 Å². The van der Waals surface area contributed by atoms with Crippen LogP contribution >= 0.6 is 11.3 Å². The van der Waals surface area contributed by atoms with Gasteiger partial charge in [-0.15, -0.1) is 11.3 Å². The second-order valence-corrected chi connectivity index (χ2v) is 7.08. The Morgan fingerprint density at radius 1 is 1.46 bits per heavy atom. The number of hydrogen-bond donors (Lipinski definition) is 2. The number of nitrogens with one attached hydrogen (secondary N) is 2. The molecule has 1 aromatic carbocycles. The summed E-state index contributed by atoms with van der Waals surface area (Å²) >= 11 is 1.64. The summed E-state index contributed by atoms with van der Waals surface area (Å²) < 4.78 is 5.39. The summed E-state index contributed by atoms with van der Waals surface area (Å²) in [5.74, 6) is 0.0413. The van der Waals surface area contributed by atoms with Gasteiger partial charge in [0.25, 0.3) is 0 Å². The van der Waals surface area contributed by atoms with Gasteiger partial charge in [-0.25, -0.2) is 4.98 Å². The molecule has 24 heavy (non-hydrogen) atoms. The van der Waals surface area contributed by atoms with Crippen molar-refractivity contribution in [3.8, 4) is 10.6 Å². The third-order valence-corrected chi connectivity index (χ3v) is 5.44. The fourth-order valence-electron chi connectivity index (χ4n) is 2.85. The number of thiazole rings is 1. The van der Waals surface area contributed by atoms with Crippen LogP contribution in [0.4, 0.5) is 0 Å². The summed E-state index contributed by atoms with van der Waals surface area (Å²) in [6.07, 6.45) is 0.438. The van der Waals surface area contributed by atoms with E-state index in [-0.39, 0.29) is 18.0 Å². The molecule has 0 aliphatic carbocycles. The first kappa shape index (κ1) is 17.1. The molecule has 2 N–H and O–H groups in total. The van der Waals surface area contributed by atoms with Crippen LogP contribution in [0.3, 0.4) is 0 Å². The van der Waals surface area contributed by atoms with Crippen LogP contribution in [-0.2, 0) is 9.53 Å². The lowest BCUT2D eigenvalue weighted by Crippen LogP contribution is -2.44. The number of carbonyl (C=O) groups excluding carboxylic acids is 1. The Morgan fingerprint density at radius 2 is 2.25 bits per heavy atom. The van der Waals surface area contributed by atoms with E-state index in [0.717, 1.165) is 34.3 Å². The van der Waals surface area contributed by atoms with Gasteiger partial charge in [-0.1, -0.05) is 30.3 Å². The van der Waals surface area contributed by atoms with E-state index < -0.39 is 0 Å². The second kappa shape index (κ2) is 7.88. The molecule has 1 saturated heterocycles. The number of aryl methyl sites for hydroxylation is 1. The van der Waals surface area contributed by atoms with Crippen molar-refractivity contribution in [2.45, 2.75) is 32.4 Å². The highest BCUT2D eigenvalue weighted by atomic mass is 32.1. The van der Waals surface area contributed by atoms with Crippen molar-refractivity contribution in [2.75, 3.05) is 19.8 Å². The first-order valence-corrected chi connectivity index (χ1v) is 9.08. The van der Waals surface area contributed by atoms with Crippen molar-refractivity contribution in [3.05, 3.63) is 40.9 Å². The first-order chi connectivity index (χ1) is 11.6. The van der Waals surface area contributed by atoms with E-state index >= 15 is 0 Å². The van der Waals surface area contributed by atoms with Crippen molar-refractivity contribution in [1.29, 1.82) is 0 Å². The Hall–Kier alpha value is -1.76. The standard InChI is InChI=1S/C18H23N3O2S/c1-12(20-16(22)10-15-11-23-9-8-19-15)17-13(2)21-18(24-17)14-6-4-3-5-7-14/h3-7,12,15,19H,8-11H2,1-2H3,(H,20,22). The molecule has 2 unspecified atom stereocenters. The molecule has 0 bridgehead atoms. The third-order valence-electron chi connectivity index (χ3n) is 4.05. The molecule has 2 aromatic rings. The van der Waals surface area contributed by atoms with Crippen molar-refractivity contribution in [3.63, 3.8) is 0 Å². The van der Waals surface area contributed by atoms with Crippen LogP contribution < -0.4 is 10.6 Å². The van der Waals surface area contributed by atoms with Crippen molar-refractivity contribution >= 4 is 17.2 Å². The van der Waals surface area contributed by atoms with Crippen molar-refractivity contribution < 1.29 is 9.53 Å². The van der Waals surface area contributed by atoms with Crippen molar-refractivity contribution in [2.24, 2.45) is 0 Å². The van der Waals surface area contributed by atoms with Gasteiger partial charge in [0.05, 0.1) is 29.8 Å². The Morgan fingerprint density at radius 3 is 2.96 bits per heavy atom. The largest absolute Gasteiger partial charge is 0.378 e. The molecule has 3 rings (SSSR count). The van der Waals surface area contributed by atoms with Gasteiger partial charge in [0.2, 0.25) is 5.91 Å². The molecule has 1 aliphatic rings. The van der Waals surface area contributed by atoms with E-state index in [2.05, 4.69) is 27.8 Å².